The lowest BCUT2D eigenvalue weighted by atomic mass is 10.0. The van der Waals surface area contributed by atoms with Crippen LogP contribution in [0.2, 0.25) is 0 Å². The summed E-state index contributed by atoms with van der Waals surface area (Å²) < 4.78 is 32.3. The third-order valence-electron chi connectivity index (χ3n) is 2.88. The molecule has 1 nitrogen and oxygen atoms in total. The van der Waals surface area contributed by atoms with Crippen LogP contribution in [0.5, 0.6) is 0 Å². The Hall–Kier alpha value is -0.960. The van der Waals surface area contributed by atoms with Crippen molar-refractivity contribution >= 4 is 0 Å². The summed E-state index contributed by atoms with van der Waals surface area (Å²) in [6.45, 7) is 5.25. The third-order valence-corrected chi connectivity index (χ3v) is 2.88. The molecule has 0 aromatic heterocycles. The molecule has 96 valence electrons. The van der Waals surface area contributed by atoms with Crippen molar-refractivity contribution in [2.75, 3.05) is 0 Å². The zero-order valence-electron chi connectivity index (χ0n) is 10.7. The van der Waals surface area contributed by atoms with Gasteiger partial charge in [0.25, 0.3) is 5.92 Å². The van der Waals surface area contributed by atoms with E-state index in [1.54, 1.807) is 18.2 Å². The van der Waals surface area contributed by atoms with Gasteiger partial charge in [-0.25, -0.2) is 8.78 Å². The minimum Gasteiger partial charge on any atom is -0.374 e. The SMILES string of the molecule is CCC(CC)OCc1ccccc1C(C)(F)F. The molecule has 0 atom stereocenters. The summed E-state index contributed by atoms with van der Waals surface area (Å²) in [7, 11) is 0. The van der Waals surface area contributed by atoms with Crippen LogP contribution < -0.4 is 0 Å². The Labute approximate surface area is 102 Å². The molecule has 0 N–H and O–H groups in total. The molecule has 0 amide bonds. The number of benzene rings is 1. The highest BCUT2D eigenvalue weighted by atomic mass is 19.3. The summed E-state index contributed by atoms with van der Waals surface area (Å²) in [6.07, 6.45) is 1.95. The molecule has 0 bridgehead atoms. The molecule has 0 unspecified atom stereocenters. The highest BCUT2D eigenvalue weighted by molar-refractivity contribution is 5.29. The largest absolute Gasteiger partial charge is 0.374 e. The lowest BCUT2D eigenvalue weighted by Gasteiger charge is -2.18. The van der Waals surface area contributed by atoms with Crippen molar-refractivity contribution in [1.29, 1.82) is 0 Å². The number of halogens is 2. The van der Waals surface area contributed by atoms with E-state index in [4.69, 9.17) is 4.74 Å². The third kappa shape index (κ3) is 4.08. The molecule has 0 aliphatic heterocycles. The lowest BCUT2D eigenvalue weighted by Crippen LogP contribution is -2.14. The van der Waals surface area contributed by atoms with E-state index in [0.717, 1.165) is 19.8 Å². The first kappa shape index (κ1) is 14.1. The van der Waals surface area contributed by atoms with Crippen LogP contribution in [0.15, 0.2) is 24.3 Å². The number of rotatable bonds is 6. The van der Waals surface area contributed by atoms with Crippen LogP contribution in [0.1, 0.15) is 44.7 Å². The van der Waals surface area contributed by atoms with Gasteiger partial charge in [0.05, 0.1) is 12.7 Å². The Morgan fingerprint density at radius 2 is 1.76 bits per heavy atom. The number of alkyl halides is 2. The van der Waals surface area contributed by atoms with E-state index < -0.39 is 5.92 Å². The highest BCUT2D eigenvalue weighted by Gasteiger charge is 2.27. The predicted molar refractivity (Wildman–Crippen MR) is 65.2 cm³/mol. The first-order valence-corrected chi connectivity index (χ1v) is 6.06. The van der Waals surface area contributed by atoms with E-state index in [2.05, 4.69) is 0 Å². The molecule has 1 aromatic rings. The minimum absolute atomic E-state index is 0.0611. The standard InChI is InChI=1S/C14H20F2O/c1-4-12(5-2)17-10-11-8-6-7-9-13(11)14(3,15)16/h6-9,12H,4-5,10H2,1-3H3. The molecule has 17 heavy (non-hydrogen) atoms. The molecule has 0 spiro atoms. The molecule has 0 radical (unpaired) electrons. The Balaban J connectivity index is 2.77. The molecule has 0 heterocycles. The van der Waals surface area contributed by atoms with Crippen LogP contribution in [0.25, 0.3) is 0 Å². The quantitative estimate of drug-likeness (QED) is 0.713. The molecule has 0 aliphatic rings. The maximum atomic E-state index is 13.3. The maximum Gasteiger partial charge on any atom is 0.270 e. The van der Waals surface area contributed by atoms with Crippen molar-refractivity contribution in [2.45, 2.75) is 52.2 Å². The Morgan fingerprint density at radius 1 is 1.18 bits per heavy atom. The van der Waals surface area contributed by atoms with Crippen LogP contribution in [0.3, 0.4) is 0 Å². The topological polar surface area (TPSA) is 9.23 Å². The van der Waals surface area contributed by atoms with Crippen LogP contribution in [0.4, 0.5) is 8.78 Å². The van der Waals surface area contributed by atoms with Gasteiger partial charge in [-0.1, -0.05) is 38.1 Å². The second-order valence-corrected chi connectivity index (χ2v) is 4.30. The fourth-order valence-corrected chi connectivity index (χ4v) is 1.81. The second kappa shape index (κ2) is 6.10. The smallest absolute Gasteiger partial charge is 0.270 e. The van der Waals surface area contributed by atoms with E-state index >= 15 is 0 Å². The fraction of sp³-hybridized carbons (Fsp3) is 0.571. The molecule has 0 saturated carbocycles. The van der Waals surface area contributed by atoms with Crippen molar-refractivity contribution in [3.05, 3.63) is 35.4 Å². The fourth-order valence-electron chi connectivity index (χ4n) is 1.81. The van der Waals surface area contributed by atoms with Crippen molar-refractivity contribution < 1.29 is 13.5 Å². The average Bonchev–Trinajstić information content (AvgIpc) is 2.29. The molecule has 0 fully saturated rings. The second-order valence-electron chi connectivity index (χ2n) is 4.30. The van der Waals surface area contributed by atoms with Gasteiger partial charge in [0.15, 0.2) is 0 Å². The van der Waals surface area contributed by atoms with Crippen molar-refractivity contribution in [1.82, 2.24) is 0 Å². The number of hydrogen-bond acceptors (Lipinski definition) is 1. The van der Waals surface area contributed by atoms with Gasteiger partial charge in [-0.05, 0) is 18.4 Å². The van der Waals surface area contributed by atoms with E-state index in [-0.39, 0.29) is 18.3 Å². The Morgan fingerprint density at radius 3 is 2.29 bits per heavy atom. The van der Waals surface area contributed by atoms with Crippen LogP contribution in [0, 0.1) is 0 Å². The van der Waals surface area contributed by atoms with Gasteiger partial charge >= 0.3 is 0 Å². The summed E-state index contributed by atoms with van der Waals surface area (Å²) in [5.74, 6) is -2.81. The van der Waals surface area contributed by atoms with Gasteiger partial charge in [-0.3, -0.25) is 0 Å². The van der Waals surface area contributed by atoms with E-state index in [0.29, 0.717) is 5.56 Å². The zero-order valence-corrected chi connectivity index (χ0v) is 10.7. The number of hydrogen-bond donors (Lipinski definition) is 0. The Bertz CT molecular complexity index is 340. The average molecular weight is 242 g/mol. The van der Waals surface area contributed by atoms with Crippen LogP contribution >= 0.6 is 0 Å². The normalized spacial score (nSPS) is 12.1. The Kier molecular flexibility index (Phi) is 5.06. The van der Waals surface area contributed by atoms with Crippen molar-refractivity contribution in [3.63, 3.8) is 0 Å². The summed E-state index contributed by atoms with van der Waals surface area (Å²) in [6, 6.07) is 6.56. The van der Waals surface area contributed by atoms with E-state index in [9.17, 15) is 8.78 Å². The molecular formula is C14H20F2O. The summed E-state index contributed by atoms with van der Waals surface area (Å²) >= 11 is 0. The lowest BCUT2D eigenvalue weighted by molar-refractivity contribution is 0.00715. The van der Waals surface area contributed by atoms with Gasteiger partial charge in [-0.2, -0.15) is 0 Å². The van der Waals surface area contributed by atoms with E-state index in [1.165, 1.54) is 6.07 Å². The molecule has 1 aromatic carbocycles. The highest BCUT2D eigenvalue weighted by Crippen LogP contribution is 2.30. The monoisotopic (exact) mass is 242 g/mol. The molecule has 1 rings (SSSR count). The number of ether oxygens (including phenoxy) is 1. The maximum absolute atomic E-state index is 13.3. The first-order valence-electron chi connectivity index (χ1n) is 6.06. The minimum atomic E-state index is -2.81. The van der Waals surface area contributed by atoms with Crippen molar-refractivity contribution in [2.24, 2.45) is 0 Å². The zero-order chi connectivity index (χ0) is 12.9. The first-order chi connectivity index (χ1) is 7.99. The molecular weight excluding hydrogens is 222 g/mol. The predicted octanol–water partition coefficient (Wildman–Crippen LogP) is 4.50. The van der Waals surface area contributed by atoms with Gasteiger partial charge in [-0.15, -0.1) is 0 Å². The van der Waals surface area contributed by atoms with Gasteiger partial charge in [0.2, 0.25) is 0 Å². The van der Waals surface area contributed by atoms with Crippen LogP contribution in [-0.4, -0.2) is 6.10 Å². The molecule has 0 saturated heterocycles. The van der Waals surface area contributed by atoms with Crippen LogP contribution in [-0.2, 0) is 17.3 Å². The molecule has 3 heteroatoms. The van der Waals surface area contributed by atoms with Gasteiger partial charge in [0.1, 0.15) is 0 Å². The summed E-state index contributed by atoms with van der Waals surface area (Å²) in [5.41, 5.74) is 0.637. The van der Waals surface area contributed by atoms with Gasteiger partial charge < -0.3 is 4.74 Å². The van der Waals surface area contributed by atoms with E-state index in [1.807, 2.05) is 13.8 Å². The summed E-state index contributed by atoms with van der Waals surface area (Å²) in [5, 5.41) is 0. The summed E-state index contributed by atoms with van der Waals surface area (Å²) in [4.78, 5) is 0. The van der Waals surface area contributed by atoms with Crippen molar-refractivity contribution in [3.8, 4) is 0 Å². The molecule has 0 aliphatic carbocycles. The van der Waals surface area contributed by atoms with Gasteiger partial charge in [0, 0.05) is 12.5 Å².